The van der Waals surface area contributed by atoms with Crippen molar-refractivity contribution < 1.29 is 4.74 Å². The van der Waals surface area contributed by atoms with E-state index in [4.69, 9.17) is 4.74 Å². The fourth-order valence-electron chi connectivity index (χ4n) is 2.26. The van der Waals surface area contributed by atoms with E-state index in [-0.39, 0.29) is 0 Å². The second-order valence-corrected chi connectivity index (χ2v) is 5.54. The van der Waals surface area contributed by atoms with Crippen LogP contribution in [0.4, 0.5) is 0 Å². The number of benzene rings is 1. The minimum atomic E-state index is 0.900. The molecule has 0 atom stereocenters. The Morgan fingerprint density at radius 3 is 2.76 bits per heavy atom. The van der Waals surface area contributed by atoms with Gasteiger partial charge in [0, 0.05) is 17.6 Å². The summed E-state index contributed by atoms with van der Waals surface area (Å²) in [5.41, 5.74) is 2.86. The summed E-state index contributed by atoms with van der Waals surface area (Å²) in [4.78, 5) is 2.50. The number of hydrogen-bond acceptors (Lipinski definition) is 2. The first-order valence-corrected chi connectivity index (χ1v) is 7.10. The minimum absolute atomic E-state index is 0.900. The summed E-state index contributed by atoms with van der Waals surface area (Å²) in [6.45, 7) is 7.38. The molecule has 2 rings (SSSR count). The molecule has 0 amide bonds. The molecule has 1 aliphatic heterocycles. The van der Waals surface area contributed by atoms with Gasteiger partial charge < -0.3 is 4.74 Å². The van der Waals surface area contributed by atoms with Crippen molar-refractivity contribution >= 4 is 15.9 Å². The SMILES string of the molecule is Cc1cc(Br)ccc1CCCN1CCOCC1. The molecule has 0 aliphatic carbocycles. The van der Waals surface area contributed by atoms with Crippen LogP contribution in [-0.4, -0.2) is 37.7 Å². The molecular formula is C14H20BrNO. The van der Waals surface area contributed by atoms with Crippen LogP contribution < -0.4 is 0 Å². The third-order valence-corrected chi connectivity index (χ3v) is 3.82. The number of morpholine rings is 1. The standard InChI is InChI=1S/C14H20BrNO/c1-12-11-14(15)5-4-13(12)3-2-6-16-7-9-17-10-8-16/h4-5,11H,2-3,6-10H2,1H3. The lowest BCUT2D eigenvalue weighted by atomic mass is 10.0. The molecule has 0 aromatic heterocycles. The maximum atomic E-state index is 5.35. The molecule has 0 N–H and O–H groups in total. The Morgan fingerprint density at radius 1 is 1.29 bits per heavy atom. The zero-order valence-electron chi connectivity index (χ0n) is 10.4. The van der Waals surface area contributed by atoms with Crippen LogP contribution >= 0.6 is 15.9 Å². The van der Waals surface area contributed by atoms with Crippen LogP contribution in [0.2, 0.25) is 0 Å². The zero-order valence-corrected chi connectivity index (χ0v) is 12.0. The summed E-state index contributed by atoms with van der Waals surface area (Å²) in [5, 5.41) is 0. The van der Waals surface area contributed by atoms with Crippen molar-refractivity contribution in [1.82, 2.24) is 4.90 Å². The summed E-state index contributed by atoms with van der Waals surface area (Å²) in [5.74, 6) is 0. The highest BCUT2D eigenvalue weighted by molar-refractivity contribution is 9.10. The Kier molecular flexibility index (Phi) is 5.01. The van der Waals surface area contributed by atoms with Gasteiger partial charge in [0.25, 0.3) is 0 Å². The van der Waals surface area contributed by atoms with Gasteiger partial charge in [0.05, 0.1) is 13.2 Å². The molecule has 1 aromatic rings. The van der Waals surface area contributed by atoms with E-state index in [1.165, 1.54) is 35.0 Å². The molecule has 0 spiro atoms. The molecule has 1 aliphatic rings. The van der Waals surface area contributed by atoms with Gasteiger partial charge in [-0.2, -0.15) is 0 Å². The van der Waals surface area contributed by atoms with Gasteiger partial charge in [0.1, 0.15) is 0 Å². The van der Waals surface area contributed by atoms with E-state index in [2.05, 4.69) is 46.0 Å². The first-order valence-electron chi connectivity index (χ1n) is 6.31. The van der Waals surface area contributed by atoms with Gasteiger partial charge in [-0.3, -0.25) is 4.90 Å². The summed E-state index contributed by atoms with van der Waals surface area (Å²) in [7, 11) is 0. The summed E-state index contributed by atoms with van der Waals surface area (Å²) in [6.07, 6.45) is 2.42. The van der Waals surface area contributed by atoms with Crippen LogP contribution in [0.5, 0.6) is 0 Å². The van der Waals surface area contributed by atoms with E-state index in [0.717, 1.165) is 26.3 Å². The van der Waals surface area contributed by atoms with Crippen LogP contribution in [0.25, 0.3) is 0 Å². The third kappa shape index (κ3) is 4.09. The van der Waals surface area contributed by atoms with Crippen molar-refractivity contribution in [3.8, 4) is 0 Å². The molecule has 2 nitrogen and oxygen atoms in total. The molecule has 0 saturated carbocycles. The predicted molar refractivity (Wildman–Crippen MR) is 74.5 cm³/mol. The van der Waals surface area contributed by atoms with Crippen molar-refractivity contribution in [2.24, 2.45) is 0 Å². The molecular weight excluding hydrogens is 278 g/mol. The fourth-order valence-corrected chi connectivity index (χ4v) is 2.73. The van der Waals surface area contributed by atoms with E-state index in [0.29, 0.717) is 0 Å². The van der Waals surface area contributed by atoms with Gasteiger partial charge in [-0.1, -0.05) is 22.0 Å². The molecule has 0 bridgehead atoms. The zero-order chi connectivity index (χ0) is 12.1. The number of nitrogens with zero attached hydrogens (tertiary/aromatic N) is 1. The number of ether oxygens (including phenoxy) is 1. The van der Waals surface area contributed by atoms with Crippen molar-refractivity contribution in [3.63, 3.8) is 0 Å². The third-order valence-electron chi connectivity index (χ3n) is 3.33. The van der Waals surface area contributed by atoms with Crippen molar-refractivity contribution in [3.05, 3.63) is 33.8 Å². The first-order chi connectivity index (χ1) is 8.25. The van der Waals surface area contributed by atoms with Gasteiger partial charge in [-0.25, -0.2) is 0 Å². The monoisotopic (exact) mass is 297 g/mol. The van der Waals surface area contributed by atoms with E-state index < -0.39 is 0 Å². The lowest BCUT2D eigenvalue weighted by Crippen LogP contribution is -2.36. The van der Waals surface area contributed by atoms with Crippen LogP contribution in [-0.2, 0) is 11.2 Å². The molecule has 1 saturated heterocycles. The Hall–Kier alpha value is -0.380. The first kappa shape index (κ1) is 13.1. The molecule has 1 heterocycles. The molecule has 1 fully saturated rings. The quantitative estimate of drug-likeness (QED) is 0.847. The highest BCUT2D eigenvalue weighted by atomic mass is 79.9. The Labute approximate surface area is 112 Å². The molecule has 0 unspecified atom stereocenters. The summed E-state index contributed by atoms with van der Waals surface area (Å²) >= 11 is 3.50. The van der Waals surface area contributed by atoms with Gasteiger partial charge in [-0.15, -0.1) is 0 Å². The minimum Gasteiger partial charge on any atom is -0.379 e. The number of halogens is 1. The van der Waals surface area contributed by atoms with Crippen LogP contribution in [0, 0.1) is 6.92 Å². The average Bonchev–Trinajstić information content (AvgIpc) is 2.33. The second kappa shape index (κ2) is 6.53. The van der Waals surface area contributed by atoms with E-state index >= 15 is 0 Å². The maximum Gasteiger partial charge on any atom is 0.0594 e. The van der Waals surface area contributed by atoms with Gasteiger partial charge >= 0.3 is 0 Å². The smallest absolute Gasteiger partial charge is 0.0594 e. The molecule has 3 heteroatoms. The maximum absolute atomic E-state index is 5.35. The Balaban J connectivity index is 1.77. The molecule has 17 heavy (non-hydrogen) atoms. The van der Waals surface area contributed by atoms with Crippen LogP contribution in [0.15, 0.2) is 22.7 Å². The Morgan fingerprint density at radius 2 is 2.06 bits per heavy atom. The number of aryl methyl sites for hydroxylation is 2. The van der Waals surface area contributed by atoms with Crippen molar-refractivity contribution in [1.29, 1.82) is 0 Å². The largest absolute Gasteiger partial charge is 0.379 e. The lowest BCUT2D eigenvalue weighted by molar-refractivity contribution is 0.0374. The van der Waals surface area contributed by atoms with Crippen molar-refractivity contribution in [2.75, 3.05) is 32.8 Å². The normalized spacial score (nSPS) is 17.3. The van der Waals surface area contributed by atoms with Gasteiger partial charge in [0.2, 0.25) is 0 Å². The number of rotatable bonds is 4. The summed E-state index contributed by atoms with van der Waals surface area (Å²) < 4.78 is 6.52. The fraction of sp³-hybridized carbons (Fsp3) is 0.571. The van der Waals surface area contributed by atoms with Crippen LogP contribution in [0.3, 0.4) is 0 Å². The highest BCUT2D eigenvalue weighted by Gasteiger charge is 2.09. The lowest BCUT2D eigenvalue weighted by Gasteiger charge is -2.26. The molecule has 94 valence electrons. The van der Waals surface area contributed by atoms with Gasteiger partial charge in [0.15, 0.2) is 0 Å². The predicted octanol–water partition coefficient (Wildman–Crippen LogP) is 3.02. The highest BCUT2D eigenvalue weighted by Crippen LogP contribution is 2.17. The Bertz CT molecular complexity index is 361. The summed E-state index contributed by atoms with van der Waals surface area (Å²) in [6, 6.07) is 6.57. The van der Waals surface area contributed by atoms with Crippen molar-refractivity contribution in [2.45, 2.75) is 19.8 Å². The van der Waals surface area contributed by atoms with Crippen LogP contribution in [0.1, 0.15) is 17.5 Å². The number of hydrogen-bond donors (Lipinski definition) is 0. The van der Waals surface area contributed by atoms with Gasteiger partial charge in [-0.05, 0) is 49.6 Å². The van der Waals surface area contributed by atoms with E-state index in [1.807, 2.05) is 0 Å². The topological polar surface area (TPSA) is 12.5 Å². The molecule has 1 aromatic carbocycles. The van der Waals surface area contributed by atoms with E-state index in [9.17, 15) is 0 Å². The average molecular weight is 298 g/mol. The second-order valence-electron chi connectivity index (χ2n) is 4.63. The van der Waals surface area contributed by atoms with E-state index in [1.54, 1.807) is 0 Å². The molecule has 0 radical (unpaired) electrons.